The van der Waals surface area contributed by atoms with Crippen LogP contribution in [0.2, 0.25) is 0 Å². The van der Waals surface area contributed by atoms with Gasteiger partial charge in [0.1, 0.15) is 23.7 Å². The summed E-state index contributed by atoms with van der Waals surface area (Å²) in [7, 11) is 3.31. The number of nitrogens with zero attached hydrogens (tertiary/aromatic N) is 1. The molecule has 2 aromatic rings. The Hall–Kier alpha value is -3.59. The first-order chi connectivity index (χ1) is 20.2. The summed E-state index contributed by atoms with van der Waals surface area (Å²) in [5.74, 6) is 0.338. The third-order valence-corrected chi connectivity index (χ3v) is 8.81. The molecule has 0 saturated carbocycles. The third kappa shape index (κ3) is 6.26. The summed E-state index contributed by atoms with van der Waals surface area (Å²) >= 11 is 0. The smallest absolute Gasteiger partial charge is 0.303 e. The molecule has 2 saturated heterocycles. The van der Waals surface area contributed by atoms with Crippen molar-refractivity contribution in [2.24, 2.45) is 0 Å². The Morgan fingerprint density at radius 2 is 1.43 bits per heavy atom. The Morgan fingerprint density at radius 3 is 2.10 bits per heavy atom. The molecule has 226 valence electrons. The van der Waals surface area contributed by atoms with Crippen molar-refractivity contribution >= 4 is 17.9 Å². The first kappa shape index (κ1) is 29.9. The fourth-order valence-electron chi connectivity index (χ4n) is 7.25. The monoisotopic (exact) mass is 579 g/mol. The first-order valence-electron chi connectivity index (χ1n) is 14.8. The highest BCUT2D eigenvalue weighted by atomic mass is 16.6. The van der Waals surface area contributed by atoms with E-state index in [-0.39, 0.29) is 30.2 Å². The van der Waals surface area contributed by atoms with Gasteiger partial charge in [-0.2, -0.15) is 0 Å². The van der Waals surface area contributed by atoms with E-state index in [2.05, 4.69) is 29.2 Å². The maximum atomic E-state index is 12.3. The molecular formula is C33H41NO8. The van der Waals surface area contributed by atoms with E-state index in [9.17, 15) is 14.4 Å². The summed E-state index contributed by atoms with van der Waals surface area (Å²) in [5, 5.41) is 0. The second kappa shape index (κ2) is 12.7. The number of aryl methyl sites for hydroxylation is 1. The lowest BCUT2D eigenvalue weighted by Crippen LogP contribution is -2.62. The second-order valence-electron chi connectivity index (χ2n) is 11.6. The number of esters is 3. The zero-order valence-corrected chi connectivity index (χ0v) is 25.1. The van der Waals surface area contributed by atoms with Crippen LogP contribution in [0.5, 0.6) is 11.5 Å². The minimum absolute atomic E-state index is 0.0680. The van der Waals surface area contributed by atoms with E-state index in [4.69, 9.17) is 23.7 Å². The van der Waals surface area contributed by atoms with Crippen LogP contribution >= 0.6 is 0 Å². The molecule has 3 heterocycles. The molecule has 0 N–H and O–H groups in total. The molecule has 0 unspecified atom stereocenters. The molecule has 2 aromatic carbocycles. The van der Waals surface area contributed by atoms with Crippen LogP contribution in [0.4, 0.5) is 0 Å². The third-order valence-electron chi connectivity index (χ3n) is 8.81. The van der Waals surface area contributed by atoms with Gasteiger partial charge in [-0.05, 0) is 67.5 Å². The number of methoxy groups -OCH3 is 2. The molecule has 0 amide bonds. The Kier molecular flexibility index (Phi) is 9.06. The summed E-state index contributed by atoms with van der Waals surface area (Å²) in [4.78, 5) is 39.2. The van der Waals surface area contributed by atoms with Crippen LogP contribution in [0, 0.1) is 0 Å². The molecule has 0 radical (unpaired) electrons. The van der Waals surface area contributed by atoms with E-state index in [0.717, 1.165) is 59.4 Å². The lowest BCUT2D eigenvalue weighted by atomic mass is 9.78. The summed E-state index contributed by atoms with van der Waals surface area (Å²) in [6, 6.07) is 12.1. The van der Waals surface area contributed by atoms with Gasteiger partial charge in [0.25, 0.3) is 0 Å². The van der Waals surface area contributed by atoms with Gasteiger partial charge in [-0.15, -0.1) is 0 Å². The van der Waals surface area contributed by atoms with Gasteiger partial charge in [-0.3, -0.25) is 19.3 Å². The number of rotatable bonds is 5. The van der Waals surface area contributed by atoms with Gasteiger partial charge in [0.05, 0.1) is 20.3 Å². The fraction of sp³-hybridized carbons (Fsp3) is 0.545. The van der Waals surface area contributed by atoms with Gasteiger partial charge in [0, 0.05) is 50.4 Å². The van der Waals surface area contributed by atoms with Gasteiger partial charge in [-0.1, -0.05) is 18.6 Å². The Balaban J connectivity index is 1.69. The average molecular weight is 580 g/mol. The van der Waals surface area contributed by atoms with Crippen molar-refractivity contribution in [2.45, 2.75) is 102 Å². The number of hydrogen-bond acceptors (Lipinski definition) is 9. The number of fused-ring (bicyclic) bond motifs is 6. The Bertz CT molecular complexity index is 1330. The minimum atomic E-state index is -0.597. The topological polar surface area (TPSA) is 101 Å². The maximum Gasteiger partial charge on any atom is 0.303 e. The van der Waals surface area contributed by atoms with Crippen molar-refractivity contribution < 1.29 is 38.1 Å². The highest BCUT2D eigenvalue weighted by Gasteiger charge is 2.51. The predicted octanol–water partition coefficient (Wildman–Crippen LogP) is 5.17. The van der Waals surface area contributed by atoms with Crippen molar-refractivity contribution in [2.75, 3.05) is 14.2 Å². The standard InChI is InChI=1S/C33H41NO8/c1-19(35)40-25-12-9-22-10-13-30(38-4)26(15-22)27-16-23(11-14-31(27)39-5)29-18-32(41-20(2)36)33(42-21(3)37)28-8-6-7-24(17-25)34(28)29/h10-11,13-16,24-25,28-29,32-33H,6-9,12,17-18H2,1-5H3/t24-,25-,28+,29-,32+,33-/m0/s1. The average Bonchev–Trinajstić information content (AvgIpc) is 2.95. The van der Waals surface area contributed by atoms with E-state index in [1.54, 1.807) is 14.2 Å². The van der Waals surface area contributed by atoms with Crippen LogP contribution < -0.4 is 9.47 Å². The van der Waals surface area contributed by atoms with Crippen LogP contribution in [-0.4, -0.2) is 67.4 Å². The van der Waals surface area contributed by atoms with Gasteiger partial charge in [-0.25, -0.2) is 0 Å². The number of benzene rings is 2. The molecule has 9 nitrogen and oxygen atoms in total. The van der Waals surface area contributed by atoms with E-state index >= 15 is 0 Å². The molecule has 3 aliphatic heterocycles. The SMILES string of the molecule is COc1ccc2cc1-c1cc(ccc1OC)[C@@H]1C[C@@H](OC(C)=O)[C@@H](OC(C)=O)[C@H]3CCC[C@@H](C[C@@H](OC(C)=O)CC2)N31. The number of piperidine rings is 2. The van der Waals surface area contributed by atoms with Gasteiger partial charge in [0.15, 0.2) is 6.10 Å². The minimum Gasteiger partial charge on any atom is -0.496 e. The molecular weight excluding hydrogens is 538 g/mol. The van der Waals surface area contributed by atoms with Crippen molar-refractivity contribution in [3.8, 4) is 22.6 Å². The van der Waals surface area contributed by atoms with Crippen LogP contribution in [0.25, 0.3) is 11.1 Å². The molecule has 42 heavy (non-hydrogen) atoms. The van der Waals surface area contributed by atoms with Crippen molar-refractivity contribution in [3.05, 3.63) is 47.5 Å². The zero-order chi connectivity index (χ0) is 30.0. The molecule has 0 spiro atoms. The van der Waals surface area contributed by atoms with Crippen LogP contribution in [0.15, 0.2) is 36.4 Å². The highest BCUT2D eigenvalue weighted by Crippen LogP contribution is 2.47. The molecule has 2 fully saturated rings. The fourth-order valence-corrected chi connectivity index (χ4v) is 7.25. The Labute approximate surface area is 247 Å². The maximum absolute atomic E-state index is 12.3. The largest absolute Gasteiger partial charge is 0.496 e. The normalized spacial score (nSPS) is 27.2. The molecule has 9 heteroatoms. The zero-order valence-electron chi connectivity index (χ0n) is 25.1. The summed E-state index contributed by atoms with van der Waals surface area (Å²) in [6.45, 7) is 4.24. The van der Waals surface area contributed by atoms with Crippen LogP contribution in [0.3, 0.4) is 0 Å². The van der Waals surface area contributed by atoms with E-state index in [1.807, 2.05) is 12.1 Å². The number of ether oxygens (including phenoxy) is 5. The van der Waals surface area contributed by atoms with E-state index in [1.165, 1.54) is 20.8 Å². The molecule has 6 atom stereocenters. The van der Waals surface area contributed by atoms with Crippen molar-refractivity contribution in [3.63, 3.8) is 0 Å². The number of carbonyl (C=O) groups is 3. The molecule has 0 aliphatic carbocycles. The number of carbonyl (C=O) groups excluding carboxylic acids is 3. The van der Waals surface area contributed by atoms with E-state index in [0.29, 0.717) is 19.3 Å². The quantitative estimate of drug-likeness (QED) is 0.351. The molecule has 3 aliphatic rings. The number of hydrogen-bond donors (Lipinski definition) is 0. The van der Waals surface area contributed by atoms with Gasteiger partial charge >= 0.3 is 17.9 Å². The second-order valence-corrected chi connectivity index (χ2v) is 11.6. The highest BCUT2D eigenvalue weighted by molar-refractivity contribution is 5.77. The molecule has 0 aromatic heterocycles. The summed E-state index contributed by atoms with van der Waals surface area (Å²) in [6.07, 6.45) is 3.65. The molecule has 5 rings (SSSR count). The van der Waals surface area contributed by atoms with Crippen molar-refractivity contribution in [1.29, 1.82) is 0 Å². The molecule has 4 bridgehead atoms. The lowest BCUT2D eigenvalue weighted by molar-refractivity contribution is -0.192. The van der Waals surface area contributed by atoms with Crippen LogP contribution in [0.1, 0.15) is 76.5 Å². The van der Waals surface area contributed by atoms with E-state index < -0.39 is 24.1 Å². The van der Waals surface area contributed by atoms with Crippen molar-refractivity contribution in [1.82, 2.24) is 4.90 Å². The first-order valence-corrected chi connectivity index (χ1v) is 14.8. The summed E-state index contributed by atoms with van der Waals surface area (Å²) in [5.41, 5.74) is 3.96. The lowest BCUT2D eigenvalue weighted by Gasteiger charge is -2.54. The predicted molar refractivity (Wildman–Crippen MR) is 155 cm³/mol. The Morgan fingerprint density at radius 1 is 0.762 bits per heavy atom. The summed E-state index contributed by atoms with van der Waals surface area (Å²) < 4.78 is 29.2. The van der Waals surface area contributed by atoms with Gasteiger partial charge in [0.2, 0.25) is 0 Å². The van der Waals surface area contributed by atoms with Gasteiger partial charge < -0.3 is 23.7 Å². The van der Waals surface area contributed by atoms with Crippen LogP contribution in [-0.2, 0) is 35.0 Å².